The maximum Gasteiger partial charge on any atom is 0.222 e. The van der Waals surface area contributed by atoms with E-state index in [1.165, 1.54) is 24.8 Å². The average molecular weight is 273 g/mol. The van der Waals surface area contributed by atoms with Gasteiger partial charge in [0.1, 0.15) is 0 Å². The van der Waals surface area contributed by atoms with Crippen LogP contribution < -0.4 is 5.32 Å². The number of carbonyl (C=O) groups excluding carboxylic acids is 1. The van der Waals surface area contributed by atoms with Crippen molar-refractivity contribution >= 4 is 5.91 Å². The van der Waals surface area contributed by atoms with Crippen LogP contribution in [0.15, 0.2) is 30.3 Å². The Labute approximate surface area is 120 Å². The summed E-state index contributed by atoms with van der Waals surface area (Å²) >= 11 is 0. The molecule has 1 atom stereocenters. The summed E-state index contributed by atoms with van der Waals surface area (Å²) in [4.78, 5) is 12.0. The second kappa shape index (κ2) is 5.96. The van der Waals surface area contributed by atoms with Crippen molar-refractivity contribution in [3.05, 3.63) is 35.9 Å². The van der Waals surface area contributed by atoms with Crippen LogP contribution in [-0.2, 0) is 14.9 Å². The second-order valence-electron chi connectivity index (χ2n) is 6.12. The van der Waals surface area contributed by atoms with E-state index < -0.39 is 0 Å². The molecule has 0 aromatic heterocycles. The van der Waals surface area contributed by atoms with Crippen molar-refractivity contribution in [3.8, 4) is 0 Å². The third-order valence-electron chi connectivity index (χ3n) is 4.76. The van der Waals surface area contributed by atoms with Gasteiger partial charge in [0.25, 0.3) is 0 Å². The van der Waals surface area contributed by atoms with Gasteiger partial charge in [-0.05, 0) is 31.2 Å². The molecule has 1 N–H and O–H groups in total. The van der Waals surface area contributed by atoms with Crippen LogP contribution in [0.25, 0.3) is 0 Å². The highest BCUT2D eigenvalue weighted by Gasteiger charge is 2.38. The lowest BCUT2D eigenvalue weighted by molar-refractivity contribution is -0.123. The first-order chi connectivity index (χ1) is 9.78. The SMILES string of the molecule is O=C(CC1CCCO1)NCC1(c2ccccc2)CCC1. The van der Waals surface area contributed by atoms with Crippen molar-refractivity contribution in [1.82, 2.24) is 5.32 Å². The van der Waals surface area contributed by atoms with E-state index >= 15 is 0 Å². The predicted octanol–water partition coefficient (Wildman–Crippen LogP) is 2.79. The zero-order chi connectivity index (χ0) is 13.8. The van der Waals surface area contributed by atoms with Crippen LogP contribution in [0.2, 0.25) is 0 Å². The summed E-state index contributed by atoms with van der Waals surface area (Å²) in [5.41, 5.74) is 1.54. The first-order valence-electron chi connectivity index (χ1n) is 7.72. The lowest BCUT2D eigenvalue weighted by Crippen LogP contribution is -2.46. The summed E-state index contributed by atoms with van der Waals surface area (Å²) in [5.74, 6) is 0.138. The molecule has 0 spiro atoms. The Bertz CT molecular complexity index is 447. The molecule has 2 aliphatic rings. The van der Waals surface area contributed by atoms with E-state index in [0.29, 0.717) is 6.42 Å². The molecule has 0 bridgehead atoms. The van der Waals surface area contributed by atoms with Crippen LogP contribution in [-0.4, -0.2) is 25.2 Å². The van der Waals surface area contributed by atoms with Crippen LogP contribution in [0.1, 0.15) is 44.1 Å². The van der Waals surface area contributed by atoms with Gasteiger partial charge in [0.15, 0.2) is 0 Å². The predicted molar refractivity (Wildman–Crippen MR) is 78.6 cm³/mol. The fourth-order valence-electron chi connectivity index (χ4n) is 3.31. The number of rotatable bonds is 5. The number of ether oxygens (including phenoxy) is 1. The molecule has 1 aliphatic carbocycles. The van der Waals surface area contributed by atoms with E-state index in [1.807, 2.05) is 6.07 Å². The minimum absolute atomic E-state index is 0.138. The van der Waals surface area contributed by atoms with Gasteiger partial charge in [0.05, 0.1) is 12.5 Å². The highest BCUT2D eigenvalue weighted by atomic mass is 16.5. The van der Waals surface area contributed by atoms with Gasteiger partial charge < -0.3 is 10.1 Å². The van der Waals surface area contributed by atoms with E-state index in [-0.39, 0.29) is 17.4 Å². The molecular weight excluding hydrogens is 250 g/mol. The summed E-state index contributed by atoms with van der Waals surface area (Å²) in [6, 6.07) is 10.6. The number of nitrogens with one attached hydrogen (secondary N) is 1. The average Bonchev–Trinajstić information content (AvgIpc) is 2.91. The molecule has 20 heavy (non-hydrogen) atoms. The Morgan fingerprint density at radius 1 is 1.25 bits per heavy atom. The second-order valence-corrected chi connectivity index (χ2v) is 6.12. The number of benzene rings is 1. The van der Waals surface area contributed by atoms with Crippen molar-refractivity contribution in [2.45, 2.75) is 50.0 Å². The highest BCUT2D eigenvalue weighted by molar-refractivity contribution is 5.76. The summed E-state index contributed by atoms with van der Waals surface area (Å²) in [7, 11) is 0. The van der Waals surface area contributed by atoms with E-state index in [1.54, 1.807) is 0 Å². The van der Waals surface area contributed by atoms with Gasteiger partial charge in [-0.1, -0.05) is 36.8 Å². The molecule has 1 amide bonds. The zero-order valence-electron chi connectivity index (χ0n) is 11.9. The molecule has 1 heterocycles. The van der Waals surface area contributed by atoms with Gasteiger partial charge in [-0.15, -0.1) is 0 Å². The first-order valence-corrected chi connectivity index (χ1v) is 7.72. The maximum atomic E-state index is 12.0. The van der Waals surface area contributed by atoms with Crippen molar-refractivity contribution in [1.29, 1.82) is 0 Å². The molecule has 3 heteroatoms. The lowest BCUT2D eigenvalue weighted by Gasteiger charge is -2.42. The molecule has 108 valence electrons. The minimum Gasteiger partial charge on any atom is -0.378 e. The fourth-order valence-corrected chi connectivity index (χ4v) is 3.31. The van der Waals surface area contributed by atoms with Gasteiger partial charge in [-0.25, -0.2) is 0 Å². The molecule has 1 aromatic carbocycles. The van der Waals surface area contributed by atoms with Gasteiger partial charge >= 0.3 is 0 Å². The monoisotopic (exact) mass is 273 g/mol. The standard InChI is InChI=1S/C17H23NO2/c19-16(12-15-8-4-11-20-15)18-13-17(9-5-10-17)14-6-2-1-3-7-14/h1-3,6-7,15H,4-5,8-13H2,(H,18,19). The van der Waals surface area contributed by atoms with Crippen molar-refractivity contribution < 1.29 is 9.53 Å². The van der Waals surface area contributed by atoms with Crippen LogP contribution in [0.3, 0.4) is 0 Å². The molecule has 3 nitrogen and oxygen atoms in total. The largest absolute Gasteiger partial charge is 0.378 e. The van der Waals surface area contributed by atoms with Crippen LogP contribution in [0.5, 0.6) is 0 Å². The molecular formula is C17H23NO2. The molecule has 1 saturated heterocycles. The van der Waals surface area contributed by atoms with Crippen molar-refractivity contribution in [3.63, 3.8) is 0 Å². The van der Waals surface area contributed by atoms with Gasteiger partial charge in [-0.2, -0.15) is 0 Å². The van der Waals surface area contributed by atoms with Gasteiger partial charge in [-0.3, -0.25) is 4.79 Å². The number of hydrogen-bond donors (Lipinski definition) is 1. The molecule has 1 aromatic rings. The maximum absolute atomic E-state index is 12.0. The zero-order valence-corrected chi connectivity index (χ0v) is 11.9. The molecule has 1 saturated carbocycles. The van der Waals surface area contributed by atoms with E-state index in [9.17, 15) is 4.79 Å². The van der Waals surface area contributed by atoms with E-state index in [0.717, 1.165) is 26.0 Å². The summed E-state index contributed by atoms with van der Waals surface area (Å²) < 4.78 is 5.52. The lowest BCUT2D eigenvalue weighted by atomic mass is 9.64. The van der Waals surface area contributed by atoms with Gasteiger partial charge in [0, 0.05) is 18.6 Å². The first kappa shape index (κ1) is 13.6. The van der Waals surface area contributed by atoms with Crippen LogP contribution >= 0.6 is 0 Å². The normalized spacial score (nSPS) is 24.1. The van der Waals surface area contributed by atoms with Crippen LogP contribution in [0, 0.1) is 0 Å². The highest BCUT2D eigenvalue weighted by Crippen LogP contribution is 2.43. The summed E-state index contributed by atoms with van der Waals surface area (Å²) in [5, 5.41) is 3.13. The molecule has 3 rings (SSSR count). The molecule has 0 radical (unpaired) electrons. The number of hydrogen-bond acceptors (Lipinski definition) is 2. The molecule has 1 aliphatic heterocycles. The Kier molecular flexibility index (Phi) is 4.06. The quantitative estimate of drug-likeness (QED) is 0.896. The van der Waals surface area contributed by atoms with Gasteiger partial charge in [0.2, 0.25) is 5.91 Å². The minimum atomic E-state index is 0.138. The Morgan fingerprint density at radius 3 is 2.65 bits per heavy atom. The van der Waals surface area contributed by atoms with Crippen molar-refractivity contribution in [2.75, 3.05) is 13.2 Å². The number of amides is 1. The topological polar surface area (TPSA) is 38.3 Å². The molecule has 2 fully saturated rings. The van der Waals surface area contributed by atoms with Crippen LogP contribution in [0.4, 0.5) is 0 Å². The third-order valence-corrected chi connectivity index (χ3v) is 4.76. The van der Waals surface area contributed by atoms with E-state index in [2.05, 4.69) is 29.6 Å². The molecule has 1 unspecified atom stereocenters. The smallest absolute Gasteiger partial charge is 0.222 e. The Morgan fingerprint density at radius 2 is 2.05 bits per heavy atom. The summed E-state index contributed by atoms with van der Waals surface area (Å²) in [6.07, 6.45) is 6.39. The van der Waals surface area contributed by atoms with E-state index in [4.69, 9.17) is 4.74 Å². The third kappa shape index (κ3) is 2.88. The summed E-state index contributed by atoms with van der Waals surface area (Å²) in [6.45, 7) is 1.58. The van der Waals surface area contributed by atoms with Crippen molar-refractivity contribution in [2.24, 2.45) is 0 Å². The number of carbonyl (C=O) groups is 1. The fraction of sp³-hybridized carbons (Fsp3) is 0.588. The Balaban J connectivity index is 1.54. The Hall–Kier alpha value is -1.35.